The van der Waals surface area contributed by atoms with E-state index >= 15 is 0 Å². The molecule has 0 fully saturated rings. The molecule has 0 saturated heterocycles. The Morgan fingerprint density at radius 1 is 1.33 bits per heavy atom. The molecule has 96 valence electrons. The highest BCUT2D eigenvalue weighted by Gasteiger charge is 2.27. The Morgan fingerprint density at radius 3 is 2.33 bits per heavy atom. The van der Waals surface area contributed by atoms with E-state index < -0.39 is 23.0 Å². The van der Waals surface area contributed by atoms with Gasteiger partial charge in [-0.1, -0.05) is 18.2 Å². The summed E-state index contributed by atoms with van der Waals surface area (Å²) in [6, 6.07) is 7.31. The Kier molecular flexibility index (Phi) is 4.36. The molecule has 0 saturated carbocycles. The number of hydrogen-bond donors (Lipinski definition) is 0. The number of benzene rings is 1. The van der Waals surface area contributed by atoms with Crippen molar-refractivity contribution in [3.63, 3.8) is 0 Å². The number of carbonyl (C=O) groups excluding carboxylic acids is 2. The number of nitrogens with zero attached hydrogens (tertiary/aromatic N) is 2. The molecular formula is C11H12N2O5. The van der Waals surface area contributed by atoms with Gasteiger partial charge in [0.05, 0.1) is 0 Å². The summed E-state index contributed by atoms with van der Waals surface area (Å²) < 4.78 is 0. The Morgan fingerprint density at radius 2 is 1.89 bits per heavy atom. The average molecular weight is 252 g/mol. The highest BCUT2D eigenvalue weighted by molar-refractivity contribution is 5.97. The number of carbonyl (C=O) groups is 2. The molecule has 0 N–H and O–H groups in total. The number of anilines is 1. The fourth-order valence-electron chi connectivity index (χ4n) is 1.52. The van der Waals surface area contributed by atoms with Gasteiger partial charge in [-0.05, 0) is 19.1 Å². The molecule has 0 aliphatic heterocycles. The number of rotatable bonds is 4. The smallest absolute Gasteiger partial charge is 0.300 e. The van der Waals surface area contributed by atoms with Crippen molar-refractivity contribution < 1.29 is 19.5 Å². The highest BCUT2D eigenvalue weighted by atomic mass is 17.0. The summed E-state index contributed by atoms with van der Waals surface area (Å²) in [5.74, 6) is -1.51. The van der Waals surface area contributed by atoms with Gasteiger partial charge >= 0.3 is 11.1 Å². The molecule has 1 aromatic rings. The van der Waals surface area contributed by atoms with E-state index in [1.165, 1.54) is 13.8 Å². The van der Waals surface area contributed by atoms with Crippen LogP contribution in [0.4, 0.5) is 5.69 Å². The Bertz CT molecular complexity index is 460. The largest absolute Gasteiger partial charge is 0.326 e. The van der Waals surface area contributed by atoms with Gasteiger partial charge in [-0.2, -0.15) is 0 Å². The van der Waals surface area contributed by atoms with Gasteiger partial charge < -0.3 is 4.90 Å². The monoisotopic (exact) mass is 252 g/mol. The van der Waals surface area contributed by atoms with Gasteiger partial charge in [0.25, 0.3) is 0 Å². The predicted octanol–water partition coefficient (Wildman–Crippen LogP) is 1.16. The van der Waals surface area contributed by atoms with E-state index in [0.717, 1.165) is 4.90 Å². The van der Waals surface area contributed by atoms with E-state index in [0.29, 0.717) is 5.69 Å². The minimum absolute atomic E-state index is 0.408. The van der Waals surface area contributed by atoms with Crippen molar-refractivity contribution in [1.29, 1.82) is 0 Å². The maximum atomic E-state index is 11.5. The van der Waals surface area contributed by atoms with Gasteiger partial charge in [0.15, 0.2) is 0 Å². The van der Waals surface area contributed by atoms with Crippen molar-refractivity contribution in [2.45, 2.75) is 19.9 Å². The van der Waals surface area contributed by atoms with Crippen LogP contribution in [0.3, 0.4) is 0 Å². The van der Waals surface area contributed by atoms with Crippen LogP contribution in [0.15, 0.2) is 30.3 Å². The van der Waals surface area contributed by atoms with Crippen LogP contribution in [-0.2, 0) is 14.4 Å². The maximum Gasteiger partial charge on any atom is 0.326 e. The predicted molar refractivity (Wildman–Crippen MR) is 62.2 cm³/mol. The summed E-state index contributed by atoms with van der Waals surface area (Å²) in [6.07, 6.45) is 0. The second-order valence-electron chi connectivity index (χ2n) is 3.53. The third-order valence-corrected chi connectivity index (χ3v) is 2.27. The molecule has 1 amide bonds. The maximum absolute atomic E-state index is 11.5. The molecule has 0 bridgehead atoms. The first-order valence-corrected chi connectivity index (χ1v) is 5.14. The third kappa shape index (κ3) is 3.27. The van der Waals surface area contributed by atoms with Gasteiger partial charge in [0, 0.05) is 12.6 Å². The minimum atomic E-state index is -1.19. The lowest BCUT2D eigenvalue weighted by Gasteiger charge is -2.26. The normalized spacial score (nSPS) is 11.4. The summed E-state index contributed by atoms with van der Waals surface area (Å²) in [6.45, 7) is 2.63. The molecule has 18 heavy (non-hydrogen) atoms. The van der Waals surface area contributed by atoms with Crippen LogP contribution in [0, 0.1) is 10.1 Å². The van der Waals surface area contributed by atoms with Crippen molar-refractivity contribution in [1.82, 2.24) is 0 Å². The van der Waals surface area contributed by atoms with E-state index in [1.54, 1.807) is 30.3 Å². The van der Waals surface area contributed by atoms with Gasteiger partial charge in [-0.3, -0.25) is 9.59 Å². The lowest BCUT2D eigenvalue weighted by molar-refractivity contribution is -0.729. The van der Waals surface area contributed by atoms with Crippen molar-refractivity contribution in [3.05, 3.63) is 40.4 Å². The van der Waals surface area contributed by atoms with E-state index in [-0.39, 0.29) is 0 Å². The van der Waals surface area contributed by atoms with Crippen LogP contribution in [-0.4, -0.2) is 23.0 Å². The Balaban J connectivity index is 2.96. The number of amides is 1. The molecule has 0 heterocycles. The quantitative estimate of drug-likeness (QED) is 0.592. The van der Waals surface area contributed by atoms with Crippen molar-refractivity contribution >= 4 is 17.6 Å². The molecule has 0 aliphatic carbocycles. The lowest BCUT2D eigenvalue weighted by atomic mass is 10.2. The zero-order valence-corrected chi connectivity index (χ0v) is 9.90. The average Bonchev–Trinajstić information content (AvgIpc) is 2.29. The van der Waals surface area contributed by atoms with Crippen LogP contribution in [0.25, 0.3) is 0 Å². The van der Waals surface area contributed by atoms with Gasteiger partial charge in [-0.15, -0.1) is 10.1 Å². The molecule has 7 heteroatoms. The van der Waals surface area contributed by atoms with E-state index in [9.17, 15) is 19.7 Å². The summed E-state index contributed by atoms with van der Waals surface area (Å²) in [5.41, 5.74) is 0.470. The fraction of sp³-hybridized carbons (Fsp3) is 0.273. The molecule has 0 radical (unpaired) electrons. The number of hydrogen-bond acceptors (Lipinski definition) is 5. The Hall–Kier alpha value is -2.44. The SMILES string of the molecule is CC(=O)N(c1ccccc1)C(C)C(=O)O[N+](=O)[O-]. The summed E-state index contributed by atoms with van der Waals surface area (Å²) >= 11 is 0. The second kappa shape index (κ2) is 5.76. The van der Waals surface area contributed by atoms with Crippen LogP contribution < -0.4 is 4.90 Å². The lowest BCUT2D eigenvalue weighted by Crippen LogP contribution is -2.43. The summed E-state index contributed by atoms with van der Waals surface area (Å²) in [5, 5.41) is 8.91. The van der Waals surface area contributed by atoms with Crippen molar-refractivity contribution in [3.8, 4) is 0 Å². The Labute approximate surface area is 103 Å². The second-order valence-corrected chi connectivity index (χ2v) is 3.53. The van der Waals surface area contributed by atoms with Gasteiger partial charge in [0.1, 0.15) is 6.04 Å². The van der Waals surface area contributed by atoms with Crippen LogP contribution >= 0.6 is 0 Å². The molecular weight excluding hydrogens is 240 g/mol. The molecule has 7 nitrogen and oxygen atoms in total. The van der Waals surface area contributed by atoms with Crippen molar-refractivity contribution in [2.24, 2.45) is 0 Å². The minimum Gasteiger partial charge on any atom is -0.300 e. The van der Waals surface area contributed by atoms with Crippen LogP contribution in [0.5, 0.6) is 0 Å². The van der Waals surface area contributed by atoms with E-state index in [2.05, 4.69) is 4.84 Å². The topological polar surface area (TPSA) is 89.8 Å². The molecule has 1 rings (SSSR count). The van der Waals surface area contributed by atoms with Crippen LogP contribution in [0.1, 0.15) is 13.8 Å². The first kappa shape index (κ1) is 13.6. The van der Waals surface area contributed by atoms with Gasteiger partial charge in [0.2, 0.25) is 5.91 Å². The van der Waals surface area contributed by atoms with E-state index in [1.807, 2.05) is 0 Å². The fourth-order valence-corrected chi connectivity index (χ4v) is 1.52. The molecule has 1 unspecified atom stereocenters. The first-order chi connectivity index (χ1) is 8.43. The standard InChI is InChI=1S/C11H12N2O5/c1-8(11(15)18-13(16)17)12(9(2)14)10-6-4-3-5-7-10/h3-8H,1-2H3. The number of para-hydroxylation sites is 1. The summed E-state index contributed by atoms with van der Waals surface area (Å²) in [7, 11) is 0. The zero-order valence-electron chi connectivity index (χ0n) is 9.90. The molecule has 0 aromatic heterocycles. The molecule has 0 spiro atoms. The van der Waals surface area contributed by atoms with E-state index in [4.69, 9.17) is 0 Å². The summed E-state index contributed by atoms with van der Waals surface area (Å²) in [4.78, 5) is 38.0. The highest BCUT2D eigenvalue weighted by Crippen LogP contribution is 2.17. The zero-order chi connectivity index (χ0) is 13.7. The molecule has 0 aliphatic rings. The third-order valence-electron chi connectivity index (χ3n) is 2.27. The molecule has 1 aromatic carbocycles. The van der Waals surface area contributed by atoms with Crippen LogP contribution in [0.2, 0.25) is 0 Å². The molecule has 1 atom stereocenters. The van der Waals surface area contributed by atoms with Crippen molar-refractivity contribution in [2.75, 3.05) is 4.90 Å². The first-order valence-electron chi connectivity index (χ1n) is 5.14. The van der Waals surface area contributed by atoms with Gasteiger partial charge in [-0.25, -0.2) is 4.84 Å².